The molecule has 1 aromatic carbocycles. The summed E-state index contributed by atoms with van der Waals surface area (Å²) < 4.78 is 0. The number of aryl methyl sites for hydroxylation is 1. The first-order valence-electron chi connectivity index (χ1n) is 10.2. The first-order chi connectivity index (χ1) is 13.3. The van der Waals surface area contributed by atoms with Gasteiger partial charge in [-0.25, -0.2) is 4.98 Å². The number of aromatic nitrogens is 3. The van der Waals surface area contributed by atoms with E-state index in [0.717, 1.165) is 37.2 Å². The fourth-order valence-electron chi connectivity index (χ4n) is 5.30. The van der Waals surface area contributed by atoms with Crippen LogP contribution in [0, 0.1) is 10.8 Å². The predicted molar refractivity (Wildman–Crippen MR) is 113 cm³/mol. The summed E-state index contributed by atoms with van der Waals surface area (Å²) in [6.07, 6.45) is 4.48. The van der Waals surface area contributed by atoms with E-state index in [1.807, 2.05) is 0 Å². The lowest BCUT2D eigenvalue weighted by atomic mass is 9.65. The van der Waals surface area contributed by atoms with Crippen LogP contribution >= 0.6 is 11.8 Å². The molecule has 2 heterocycles. The maximum absolute atomic E-state index is 12.9. The van der Waals surface area contributed by atoms with Crippen molar-refractivity contribution in [3.63, 3.8) is 0 Å². The second-order valence-corrected chi connectivity index (χ2v) is 10.5. The van der Waals surface area contributed by atoms with Crippen molar-refractivity contribution in [1.82, 2.24) is 20.1 Å². The summed E-state index contributed by atoms with van der Waals surface area (Å²) in [5.41, 5.74) is 2.92. The molecule has 1 aromatic heterocycles. The molecule has 4 rings (SSSR count). The van der Waals surface area contributed by atoms with Crippen LogP contribution in [0.5, 0.6) is 0 Å². The molecule has 5 nitrogen and oxygen atoms in total. The molecule has 1 aliphatic carbocycles. The molecule has 0 unspecified atom stereocenters. The van der Waals surface area contributed by atoms with Gasteiger partial charge in [-0.05, 0) is 42.1 Å². The number of carbonyl (C=O) groups is 1. The first-order valence-corrected chi connectivity index (χ1v) is 11.2. The van der Waals surface area contributed by atoms with Crippen LogP contribution in [0.3, 0.4) is 0 Å². The Kier molecular flexibility index (Phi) is 5.02. The first kappa shape index (κ1) is 19.5. The van der Waals surface area contributed by atoms with Crippen LogP contribution in [0.25, 0.3) is 11.4 Å². The van der Waals surface area contributed by atoms with Crippen LogP contribution in [0.15, 0.2) is 29.4 Å². The molecule has 2 atom stereocenters. The minimum atomic E-state index is 0.218. The highest BCUT2D eigenvalue weighted by Crippen LogP contribution is 2.52. The molecule has 1 N–H and O–H groups in total. The lowest BCUT2D eigenvalue weighted by Crippen LogP contribution is -2.38. The molecule has 0 spiro atoms. The highest BCUT2D eigenvalue weighted by Gasteiger charge is 2.50. The van der Waals surface area contributed by atoms with Gasteiger partial charge >= 0.3 is 0 Å². The van der Waals surface area contributed by atoms with Gasteiger partial charge in [0.05, 0.1) is 5.75 Å². The lowest BCUT2D eigenvalue weighted by Gasteiger charge is -2.39. The SMILES string of the molecule is CCc1ccc(-c2nc(SCC(=O)N3C[C@]4(C)C[C@H]3CC(C)(C)C4)n[nH]2)cc1. The number of nitrogens with zero attached hydrogens (tertiary/aromatic N) is 3. The van der Waals surface area contributed by atoms with Crippen LogP contribution < -0.4 is 0 Å². The highest BCUT2D eigenvalue weighted by atomic mass is 32.2. The average molecular weight is 399 g/mol. The number of amides is 1. The standard InChI is InChI=1S/C22H30N4OS/c1-5-15-6-8-16(9-7-15)19-23-20(25-24-19)28-12-18(27)26-14-22(4)11-17(26)10-21(2,3)13-22/h6-9,17H,5,10-14H2,1-4H3,(H,23,24,25)/t17-,22-/m1/s1. The number of rotatable bonds is 5. The van der Waals surface area contributed by atoms with E-state index in [-0.39, 0.29) is 11.3 Å². The molecular weight excluding hydrogens is 368 g/mol. The minimum absolute atomic E-state index is 0.218. The quantitative estimate of drug-likeness (QED) is 0.751. The molecule has 2 aliphatic rings. The maximum Gasteiger partial charge on any atom is 0.233 e. The number of aromatic amines is 1. The van der Waals surface area contributed by atoms with Crippen molar-refractivity contribution in [3.05, 3.63) is 29.8 Å². The van der Waals surface area contributed by atoms with E-state index in [1.54, 1.807) is 0 Å². The minimum Gasteiger partial charge on any atom is -0.338 e. The molecule has 150 valence electrons. The molecule has 2 aromatic rings. The topological polar surface area (TPSA) is 61.9 Å². The van der Waals surface area contributed by atoms with Crippen LogP contribution in [-0.2, 0) is 11.2 Å². The summed E-state index contributed by atoms with van der Waals surface area (Å²) in [5, 5.41) is 7.93. The van der Waals surface area contributed by atoms with E-state index in [1.165, 1.54) is 23.7 Å². The van der Waals surface area contributed by atoms with Gasteiger partial charge in [-0.15, -0.1) is 5.10 Å². The van der Waals surface area contributed by atoms with Gasteiger partial charge in [0.1, 0.15) is 0 Å². The number of benzene rings is 1. The van der Waals surface area contributed by atoms with Crippen molar-refractivity contribution in [2.75, 3.05) is 12.3 Å². The van der Waals surface area contributed by atoms with E-state index in [2.05, 4.69) is 72.0 Å². The van der Waals surface area contributed by atoms with Crippen molar-refractivity contribution in [3.8, 4) is 11.4 Å². The Morgan fingerprint density at radius 2 is 2.00 bits per heavy atom. The van der Waals surface area contributed by atoms with Gasteiger partial charge in [-0.1, -0.05) is 63.7 Å². The van der Waals surface area contributed by atoms with Gasteiger partial charge in [0, 0.05) is 18.2 Å². The zero-order valence-electron chi connectivity index (χ0n) is 17.3. The Bertz CT molecular complexity index is 860. The number of H-pyrrole nitrogens is 1. The van der Waals surface area contributed by atoms with E-state index in [9.17, 15) is 4.79 Å². The average Bonchev–Trinajstić information content (AvgIpc) is 3.21. The summed E-state index contributed by atoms with van der Waals surface area (Å²) in [5.74, 6) is 1.37. The second kappa shape index (κ2) is 7.21. The summed E-state index contributed by atoms with van der Waals surface area (Å²) in [7, 11) is 0. The molecule has 1 saturated carbocycles. The second-order valence-electron chi connectivity index (χ2n) is 9.54. The predicted octanol–water partition coefficient (Wildman–Crippen LogP) is 4.55. The summed E-state index contributed by atoms with van der Waals surface area (Å²) in [6.45, 7) is 10.0. The normalized spacial score (nSPS) is 25.9. The van der Waals surface area contributed by atoms with E-state index in [0.29, 0.717) is 22.4 Å². The molecule has 28 heavy (non-hydrogen) atoms. The Morgan fingerprint density at radius 1 is 1.25 bits per heavy atom. The largest absolute Gasteiger partial charge is 0.338 e. The van der Waals surface area contributed by atoms with Crippen molar-refractivity contribution in [2.24, 2.45) is 10.8 Å². The van der Waals surface area contributed by atoms with Gasteiger partial charge in [-0.3, -0.25) is 9.89 Å². The smallest absolute Gasteiger partial charge is 0.233 e. The Balaban J connectivity index is 1.37. The van der Waals surface area contributed by atoms with Crippen molar-refractivity contribution >= 4 is 17.7 Å². The molecule has 2 bridgehead atoms. The van der Waals surface area contributed by atoms with Gasteiger partial charge in [0.25, 0.3) is 0 Å². The number of nitrogens with one attached hydrogen (secondary N) is 1. The molecule has 0 radical (unpaired) electrons. The van der Waals surface area contributed by atoms with Crippen molar-refractivity contribution in [2.45, 2.75) is 64.6 Å². The Morgan fingerprint density at radius 3 is 2.71 bits per heavy atom. The monoisotopic (exact) mass is 398 g/mol. The van der Waals surface area contributed by atoms with Gasteiger partial charge in [0.2, 0.25) is 11.1 Å². The van der Waals surface area contributed by atoms with Crippen LogP contribution in [0.4, 0.5) is 0 Å². The lowest BCUT2D eigenvalue weighted by molar-refractivity contribution is -0.129. The van der Waals surface area contributed by atoms with Gasteiger partial charge in [0.15, 0.2) is 5.82 Å². The number of hydrogen-bond donors (Lipinski definition) is 1. The van der Waals surface area contributed by atoms with Crippen LogP contribution in [-0.4, -0.2) is 44.3 Å². The molecule has 1 amide bonds. The van der Waals surface area contributed by atoms with E-state index in [4.69, 9.17) is 0 Å². The third-order valence-corrected chi connectivity index (χ3v) is 6.99. The molecular formula is C22H30N4OS. The van der Waals surface area contributed by atoms with Gasteiger partial charge < -0.3 is 4.90 Å². The fraction of sp³-hybridized carbons (Fsp3) is 0.591. The summed E-state index contributed by atoms with van der Waals surface area (Å²) in [6, 6.07) is 8.74. The molecule has 6 heteroatoms. The van der Waals surface area contributed by atoms with E-state index < -0.39 is 0 Å². The molecule has 1 saturated heterocycles. The summed E-state index contributed by atoms with van der Waals surface area (Å²) in [4.78, 5) is 19.6. The number of likely N-dealkylation sites (tertiary alicyclic amines) is 1. The van der Waals surface area contributed by atoms with E-state index >= 15 is 0 Å². The Hall–Kier alpha value is -1.82. The zero-order chi connectivity index (χ0) is 19.9. The summed E-state index contributed by atoms with van der Waals surface area (Å²) >= 11 is 1.43. The zero-order valence-corrected chi connectivity index (χ0v) is 18.1. The van der Waals surface area contributed by atoms with Crippen LogP contribution in [0.2, 0.25) is 0 Å². The van der Waals surface area contributed by atoms with Crippen LogP contribution in [0.1, 0.15) is 52.5 Å². The molecule has 1 aliphatic heterocycles. The highest BCUT2D eigenvalue weighted by molar-refractivity contribution is 7.99. The fourth-order valence-corrected chi connectivity index (χ4v) is 5.98. The molecule has 2 fully saturated rings. The third-order valence-electron chi connectivity index (χ3n) is 6.16. The van der Waals surface area contributed by atoms with Crippen molar-refractivity contribution < 1.29 is 4.79 Å². The van der Waals surface area contributed by atoms with Gasteiger partial charge in [-0.2, -0.15) is 0 Å². The number of carbonyl (C=O) groups excluding carboxylic acids is 1. The third kappa shape index (κ3) is 3.97. The maximum atomic E-state index is 12.9. The number of thioether (sulfide) groups is 1. The number of hydrogen-bond acceptors (Lipinski definition) is 4. The number of fused-ring (bicyclic) bond motifs is 2. The van der Waals surface area contributed by atoms with Crippen molar-refractivity contribution in [1.29, 1.82) is 0 Å². The Labute approximate surface area is 171 Å².